The maximum Gasteiger partial charge on any atom is 0.226 e. The van der Waals surface area contributed by atoms with Crippen LogP contribution >= 0.6 is 12.4 Å². The molecule has 1 N–H and O–H groups in total. The minimum absolute atomic E-state index is 0. The van der Waals surface area contributed by atoms with E-state index in [1.54, 1.807) is 0 Å². The number of nitrogens with zero attached hydrogens (tertiary/aromatic N) is 1. The molecule has 0 spiro atoms. The lowest BCUT2D eigenvalue weighted by molar-refractivity contribution is -0.139. The van der Waals surface area contributed by atoms with Gasteiger partial charge in [0.15, 0.2) is 0 Å². The number of carbonyl (C=O) groups is 1. The van der Waals surface area contributed by atoms with Crippen LogP contribution in [0.3, 0.4) is 0 Å². The lowest BCUT2D eigenvalue weighted by Crippen LogP contribution is -2.51. The maximum absolute atomic E-state index is 13.0. The summed E-state index contributed by atoms with van der Waals surface area (Å²) in [5, 5.41) is 3.37. The molecule has 2 saturated heterocycles. The van der Waals surface area contributed by atoms with Crippen molar-refractivity contribution in [1.29, 1.82) is 0 Å². The van der Waals surface area contributed by atoms with Gasteiger partial charge in [-0.05, 0) is 30.4 Å². The van der Waals surface area contributed by atoms with Gasteiger partial charge < -0.3 is 10.2 Å². The first-order valence-corrected chi connectivity index (χ1v) is 10.6. The molecule has 5 nitrogen and oxygen atoms in total. The van der Waals surface area contributed by atoms with Gasteiger partial charge in [0.05, 0.1) is 17.5 Å². The second-order valence-electron chi connectivity index (χ2n) is 6.77. The van der Waals surface area contributed by atoms with Gasteiger partial charge in [-0.25, -0.2) is 8.42 Å². The lowest BCUT2D eigenvalue weighted by Gasteiger charge is -2.39. The first-order chi connectivity index (χ1) is 11.5. The van der Waals surface area contributed by atoms with E-state index in [4.69, 9.17) is 0 Å². The summed E-state index contributed by atoms with van der Waals surface area (Å²) in [6.45, 7) is 4.36. The number of aryl methyl sites for hydroxylation is 1. The van der Waals surface area contributed by atoms with E-state index < -0.39 is 9.84 Å². The third kappa shape index (κ3) is 4.74. The Kier molecular flexibility index (Phi) is 6.88. The van der Waals surface area contributed by atoms with Crippen LogP contribution < -0.4 is 5.32 Å². The fourth-order valence-electron chi connectivity index (χ4n) is 3.61. The number of nitrogens with one attached hydrogen (secondary N) is 1. The van der Waals surface area contributed by atoms with Crippen LogP contribution in [0.25, 0.3) is 0 Å². The van der Waals surface area contributed by atoms with E-state index in [1.807, 2.05) is 4.90 Å². The molecule has 2 aliphatic heterocycles. The molecular weight excluding hydrogens is 360 g/mol. The summed E-state index contributed by atoms with van der Waals surface area (Å²) in [7, 11) is -2.94. The molecule has 3 rings (SSSR count). The van der Waals surface area contributed by atoms with Gasteiger partial charge in [0.1, 0.15) is 9.84 Å². The summed E-state index contributed by atoms with van der Waals surface area (Å²) >= 11 is 0. The molecule has 0 bridgehead atoms. The molecule has 1 unspecified atom stereocenters. The highest BCUT2D eigenvalue weighted by Crippen LogP contribution is 2.28. The number of carbonyl (C=O) groups excluding carboxylic acids is 1. The molecule has 2 aliphatic rings. The van der Waals surface area contributed by atoms with Crippen molar-refractivity contribution in [1.82, 2.24) is 10.2 Å². The fraction of sp³-hybridized carbons (Fsp3) is 0.611. The fourth-order valence-corrected chi connectivity index (χ4v) is 5.10. The monoisotopic (exact) mass is 386 g/mol. The van der Waals surface area contributed by atoms with E-state index in [0.717, 1.165) is 25.1 Å². The van der Waals surface area contributed by atoms with E-state index >= 15 is 0 Å². The average Bonchev–Trinajstić information content (AvgIpc) is 2.61. The second-order valence-corrected chi connectivity index (χ2v) is 9.08. The molecule has 2 fully saturated rings. The zero-order valence-corrected chi connectivity index (χ0v) is 16.2. The zero-order chi connectivity index (χ0) is 17.2. The molecule has 1 aromatic carbocycles. The molecule has 0 radical (unpaired) electrons. The van der Waals surface area contributed by atoms with Crippen LogP contribution in [0.4, 0.5) is 0 Å². The van der Waals surface area contributed by atoms with Crippen molar-refractivity contribution in [3.05, 3.63) is 35.4 Å². The largest absolute Gasteiger partial charge is 0.333 e. The molecule has 0 saturated carbocycles. The smallest absolute Gasteiger partial charge is 0.226 e. The summed E-state index contributed by atoms with van der Waals surface area (Å²) in [6, 6.07) is 8.51. The van der Waals surface area contributed by atoms with Gasteiger partial charge in [-0.15, -0.1) is 12.4 Å². The lowest BCUT2D eigenvalue weighted by atomic mass is 9.96. The van der Waals surface area contributed by atoms with Gasteiger partial charge in [0.2, 0.25) is 5.91 Å². The van der Waals surface area contributed by atoms with Crippen molar-refractivity contribution in [3.63, 3.8) is 0 Å². The van der Waals surface area contributed by atoms with Crippen LogP contribution in [-0.2, 0) is 21.1 Å². The van der Waals surface area contributed by atoms with Crippen LogP contribution in [0, 0.1) is 5.92 Å². The summed E-state index contributed by atoms with van der Waals surface area (Å²) in [6.07, 6.45) is 1.93. The molecule has 1 amide bonds. The third-order valence-electron chi connectivity index (χ3n) is 5.20. The van der Waals surface area contributed by atoms with Gasteiger partial charge in [0, 0.05) is 25.6 Å². The summed E-state index contributed by atoms with van der Waals surface area (Å²) in [4.78, 5) is 14.9. The molecule has 0 aromatic heterocycles. The predicted octanol–water partition coefficient (Wildman–Crippen LogP) is 1.97. The van der Waals surface area contributed by atoms with Crippen molar-refractivity contribution >= 4 is 28.2 Å². The van der Waals surface area contributed by atoms with Crippen molar-refractivity contribution in [2.75, 3.05) is 31.1 Å². The quantitative estimate of drug-likeness (QED) is 0.862. The van der Waals surface area contributed by atoms with Gasteiger partial charge in [-0.3, -0.25) is 4.79 Å². The van der Waals surface area contributed by atoms with Gasteiger partial charge in [-0.1, -0.05) is 31.2 Å². The Morgan fingerprint density at radius 3 is 2.44 bits per heavy atom. The number of sulfone groups is 1. The van der Waals surface area contributed by atoms with Crippen molar-refractivity contribution in [2.45, 2.75) is 32.2 Å². The summed E-state index contributed by atoms with van der Waals surface area (Å²) in [5.74, 6) is 0.261. The number of hydrogen-bond acceptors (Lipinski definition) is 4. The van der Waals surface area contributed by atoms with E-state index in [0.29, 0.717) is 19.4 Å². The summed E-state index contributed by atoms with van der Waals surface area (Å²) < 4.78 is 23.2. The van der Waals surface area contributed by atoms with Crippen LogP contribution in [0.2, 0.25) is 0 Å². The average molecular weight is 387 g/mol. The van der Waals surface area contributed by atoms with E-state index in [9.17, 15) is 13.2 Å². The number of hydrogen-bond donors (Lipinski definition) is 1. The van der Waals surface area contributed by atoms with Crippen LogP contribution in [0.1, 0.15) is 36.9 Å². The van der Waals surface area contributed by atoms with E-state index in [1.165, 1.54) is 5.56 Å². The van der Waals surface area contributed by atoms with Crippen LogP contribution in [0.5, 0.6) is 0 Å². The number of halogens is 1. The Labute approximate surface area is 156 Å². The Bertz CT molecular complexity index is 677. The normalized spacial score (nSPS) is 23.7. The van der Waals surface area contributed by atoms with Crippen molar-refractivity contribution in [3.8, 4) is 0 Å². The molecule has 140 valence electrons. The Morgan fingerprint density at radius 1 is 1.20 bits per heavy atom. The summed E-state index contributed by atoms with van der Waals surface area (Å²) in [5.41, 5.74) is 2.44. The van der Waals surface area contributed by atoms with Gasteiger partial charge >= 0.3 is 0 Å². The van der Waals surface area contributed by atoms with Gasteiger partial charge in [-0.2, -0.15) is 0 Å². The molecule has 1 atom stereocenters. The molecule has 0 aliphatic carbocycles. The first kappa shape index (κ1) is 20.2. The highest BCUT2D eigenvalue weighted by molar-refractivity contribution is 7.91. The van der Waals surface area contributed by atoms with Crippen molar-refractivity contribution < 1.29 is 13.2 Å². The predicted molar refractivity (Wildman–Crippen MR) is 102 cm³/mol. The SMILES string of the molecule is CCc1ccc(C2CNCCN2C(=O)C2CCS(=O)(=O)CC2)cc1.Cl. The molecule has 7 heteroatoms. The minimum atomic E-state index is -2.94. The Hall–Kier alpha value is -1.11. The number of piperazine rings is 1. The first-order valence-electron chi connectivity index (χ1n) is 8.80. The number of amides is 1. The Morgan fingerprint density at radius 2 is 1.84 bits per heavy atom. The molecule has 2 heterocycles. The van der Waals surface area contributed by atoms with E-state index in [2.05, 4.69) is 36.5 Å². The van der Waals surface area contributed by atoms with E-state index in [-0.39, 0.29) is 41.8 Å². The highest BCUT2D eigenvalue weighted by atomic mass is 35.5. The zero-order valence-electron chi connectivity index (χ0n) is 14.6. The number of benzene rings is 1. The van der Waals surface area contributed by atoms with Gasteiger partial charge in [0.25, 0.3) is 0 Å². The third-order valence-corrected chi connectivity index (χ3v) is 6.92. The molecular formula is C18H27ClN2O3S. The highest BCUT2D eigenvalue weighted by Gasteiger charge is 2.35. The van der Waals surface area contributed by atoms with Crippen LogP contribution in [0.15, 0.2) is 24.3 Å². The standard InChI is InChI=1S/C18H26N2O3S.ClH/c1-2-14-3-5-15(6-4-14)17-13-19-9-10-20(17)18(21)16-7-11-24(22,23)12-8-16;/h3-6,16-17,19H,2,7-13H2,1H3;1H. The van der Waals surface area contributed by atoms with Crippen LogP contribution in [-0.4, -0.2) is 50.4 Å². The topological polar surface area (TPSA) is 66.5 Å². The molecule has 1 aromatic rings. The second kappa shape index (κ2) is 8.52. The van der Waals surface area contributed by atoms with Crippen molar-refractivity contribution in [2.24, 2.45) is 5.92 Å². The minimum Gasteiger partial charge on any atom is -0.333 e. The Balaban J connectivity index is 0.00000225. The molecule has 25 heavy (non-hydrogen) atoms. The maximum atomic E-state index is 13.0. The number of rotatable bonds is 3.